The van der Waals surface area contributed by atoms with Crippen LogP contribution in [0.4, 0.5) is 18.9 Å². The Morgan fingerprint density at radius 3 is 2.55 bits per heavy atom. The monoisotopic (exact) mass is 431 g/mol. The average molecular weight is 431 g/mol. The number of hydrogen-bond acceptors (Lipinski definition) is 3. The van der Waals surface area contributed by atoms with E-state index in [-0.39, 0.29) is 24.8 Å². The number of alkyl halides is 3. The second kappa shape index (κ2) is 8.20. The molecule has 9 heteroatoms. The minimum absolute atomic E-state index is 0.0420. The summed E-state index contributed by atoms with van der Waals surface area (Å²) in [5.74, 6) is -0.160. The molecule has 0 spiro atoms. The van der Waals surface area contributed by atoms with Crippen molar-refractivity contribution in [2.24, 2.45) is 0 Å². The molecule has 1 aromatic carbocycles. The number of anilines is 1. The van der Waals surface area contributed by atoms with Crippen molar-refractivity contribution in [2.75, 3.05) is 5.32 Å². The zero-order chi connectivity index (χ0) is 22.2. The Balaban J connectivity index is 1.38. The summed E-state index contributed by atoms with van der Waals surface area (Å²) >= 11 is 0. The van der Waals surface area contributed by atoms with E-state index in [9.17, 15) is 18.0 Å². The van der Waals surface area contributed by atoms with Crippen LogP contribution in [0.25, 0.3) is 0 Å². The Bertz CT molecular complexity index is 1100. The van der Waals surface area contributed by atoms with Crippen molar-refractivity contribution < 1.29 is 18.0 Å². The van der Waals surface area contributed by atoms with E-state index in [2.05, 4.69) is 15.5 Å². The Morgan fingerprint density at radius 1 is 1.13 bits per heavy atom. The number of halogens is 3. The van der Waals surface area contributed by atoms with Gasteiger partial charge in [0.2, 0.25) is 5.91 Å². The van der Waals surface area contributed by atoms with E-state index in [1.165, 1.54) is 4.68 Å². The minimum atomic E-state index is -4.48. The van der Waals surface area contributed by atoms with Crippen molar-refractivity contribution in [3.63, 3.8) is 0 Å². The Morgan fingerprint density at radius 2 is 1.90 bits per heavy atom. The SMILES string of the molecule is Cc1cc(C)n(Cc2cccc(NC(=O)CCn3nc(C(F)(F)F)cc3C3CC3)c2)n1. The van der Waals surface area contributed by atoms with Gasteiger partial charge in [0.1, 0.15) is 0 Å². The van der Waals surface area contributed by atoms with Crippen LogP contribution in [0.1, 0.15) is 53.5 Å². The van der Waals surface area contributed by atoms with E-state index in [1.54, 1.807) is 6.07 Å². The Kier molecular flexibility index (Phi) is 5.60. The van der Waals surface area contributed by atoms with Crippen molar-refractivity contribution in [2.45, 2.75) is 58.3 Å². The molecule has 1 aliphatic rings. The molecule has 6 nitrogen and oxygen atoms in total. The van der Waals surface area contributed by atoms with Gasteiger partial charge in [0.05, 0.1) is 12.2 Å². The van der Waals surface area contributed by atoms with E-state index >= 15 is 0 Å². The predicted octanol–water partition coefficient (Wildman–Crippen LogP) is 4.67. The van der Waals surface area contributed by atoms with Crippen molar-refractivity contribution >= 4 is 11.6 Å². The first kappa shape index (κ1) is 21.1. The fourth-order valence-electron chi connectivity index (χ4n) is 3.64. The van der Waals surface area contributed by atoms with Crippen LogP contribution in [0.2, 0.25) is 0 Å². The normalized spacial score (nSPS) is 14.1. The molecule has 0 unspecified atom stereocenters. The highest BCUT2D eigenvalue weighted by Crippen LogP contribution is 2.42. The largest absolute Gasteiger partial charge is 0.435 e. The molecule has 0 saturated heterocycles. The molecule has 2 heterocycles. The van der Waals surface area contributed by atoms with Crippen LogP contribution in [-0.2, 0) is 24.1 Å². The van der Waals surface area contributed by atoms with Gasteiger partial charge in [-0.2, -0.15) is 23.4 Å². The molecule has 4 rings (SSSR count). The van der Waals surface area contributed by atoms with Crippen molar-refractivity contribution in [1.29, 1.82) is 0 Å². The maximum absolute atomic E-state index is 13.0. The maximum atomic E-state index is 13.0. The van der Waals surface area contributed by atoms with Gasteiger partial charge in [-0.15, -0.1) is 0 Å². The zero-order valence-corrected chi connectivity index (χ0v) is 17.4. The molecule has 1 N–H and O–H groups in total. The number of aryl methyl sites for hydroxylation is 3. The molecule has 0 atom stereocenters. The zero-order valence-electron chi connectivity index (χ0n) is 17.4. The lowest BCUT2D eigenvalue weighted by molar-refractivity contribution is -0.141. The highest BCUT2D eigenvalue weighted by atomic mass is 19.4. The number of nitrogens with zero attached hydrogens (tertiary/aromatic N) is 4. The molecule has 1 aliphatic carbocycles. The van der Waals surface area contributed by atoms with Crippen molar-refractivity contribution in [3.8, 4) is 0 Å². The summed E-state index contributed by atoms with van der Waals surface area (Å²) < 4.78 is 42.3. The summed E-state index contributed by atoms with van der Waals surface area (Å²) in [6.07, 6.45) is -2.72. The summed E-state index contributed by atoms with van der Waals surface area (Å²) in [6.45, 7) is 4.62. The van der Waals surface area contributed by atoms with Gasteiger partial charge in [0, 0.05) is 36.0 Å². The summed E-state index contributed by atoms with van der Waals surface area (Å²) in [5, 5.41) is 11.0. The number of amides is 1. The second-order valence-corrected chi connectivity index (χ2v) is 8.03. The van der Waals surface area contributed by atoms with E-state index in [0.29, 0.717) is 17.9 Å². The quantitative estimate of drug-likeness (QED) is 0.591. The van der Waals surface area contributed by atoms with Crippen molar-refractivity contribution in [1.82, 2.24) is 19.6 Å². The number of benzene rings is 1. The van der Waals surface area contributed by atoms with E-state index < -0.39 is 11.9 Å². The number of carbonyl (C=O) groups is 1. The standard InChI is InChI=1S/C22H24F3N5O/c1-14-10-15(2)30(27-14)13-16-4-3-5-18(11-16)26-21(31)8-9-29-19(17-6-7-17)12-20(28-29)22(23,24)25/h3-5,10-12,17H,6-9,13H2,1-2H3,(H,26,31). The molecule has 0 bridgehead atoms. The van der Waals surface area contributed by atoms with Crippen LogP contribution < -0.4 is 5.32 Å². The first-order chi connectivity index (χ1) is 14.7. The van der Waals surface area contributed by atoms with E-state index in [0.717, 1.165) is 35.9 Å². The fraction of sp³-hybridized carbons (Fsp3) is 0.409. The second-order valence-electron chi connectivity index (χ2n) is 8.03. The molecule has 2 aromatic heterocycles. The molecule has 0 aliphatic heterocycles. The number of hydrogen-bond donors (Lipinski definition) is 1. The first-order valence-corrected chi connectivity index (χ1v) is 10.2. The maximum Gasteiger partial charge on any atom is 0.435 e. The van der Waals surface area contributed by atoms with Crippen LogP contribution in [0.5, 0.6) is 0 Å². The average Bonchev–Trinajstić information content (AvgIpc) is 3.35. The molecule has 3 aromatic rings. The van der Waals surface area contributed by atoms with Crippen LogP contribution in [-0.4, -0.2) is 25.5 Å². The summed E-state index contributed by atoms with van der Waals surface area (Å²) in [6, 6.07) is 10.6. The summed E-state index contributed by atoms with van der Waals surface area (Å²) in [5.41, 5.74) is 3.29. The van der Waals surface area contributed by atoms with Gasteiger partial charge in [-0.25, -0.2) is 0 Å². The molecular formula is C22H24F3N5O. The number of rotatable bonds is 7. The van der Waals surface area contributed by atoms with Crippen LogP contribution in [0.15, 0.2) is 36.4 Å². The molecular weight excluding hydrogens is 407 g/mol. The minimum Gasteiger partial charge on any atom is -0.326 e. The van der Waals surface area contributed by atoms with E-state index in [1.807, 2.05) is 42.8 Å². The van der Waals surface area contributed by atoms with Crippen LogP contribution in [0, 0.1) is 13.8 Å². The lowest BCUT2D eigenvalue weighted by Gasteiger charge is -2.10. The van der Waals surface area contributed by atoms with Gasteiger partial charge in [-0.1, -0.05) is 12.1 Å². The van der Waals surface area contributed by atoms with Crippen molar-refractivity contribution in [3.05, 3.63) is 64.7 Å². The number of aromatic nitrogens is 4. The third kappa shape index (κ3) is 5.15. The lowest BCUT2D eigenvalue weighted by Crippen LogP contribution is -2.16. The van der Waals surface area contributed by atoms with E-state index in [4.69, 9.17) is 0 Å². The van der Waals surface area contributed by atoms with Gasteiger partial charge in [-0.3, -0.25) is 14.2 Å². The number of nitrogens with one attached hydrogen (secondary N) is 1. The third-order valence-electron chi connectivity index (χ3n) is 5.29. The molecule has 164 valence electrons. The molecule has 0 radical (unpaired) electrons. The highest BCUT2D eigenvalue weighted by molar-refractivity contribution is 5.90. The first-order valence-electron chi connectivity index (χ1n) is 10.2. The van der Waals surface area contributed by atoms with Gasteiger partial charge in [0.25, 0.3) is 0 Å². The molecule has 1 saturated carbocycles. The van der Waals surface area contributed by atoms with Gasteiger partial charge in [-0.05, 0) is 56.5 Å². The van der Waals surface area contributed by atoms with Crippen LogP contribution in [0.3, 0.4) is 0 Å². The summed E-state index contributed by atoms with van der Waals surface area (Å²) in [4.78, 5) is 12.4. The number of carbonyl (C=O) groups excluding carboxylic acids is 1. The predicted molar refractivity (Wildman–Crippen MR) is 110 cm³/mol. The molecule has 31 heavy (non-hydrogen) atoms. The lowest BCUT2D eigenvalue weighted by atomic mass is 10.2. The third-order valence-corrected chi connectivity index (χ3v) is 5.29. The smallest absolute Gasteiger partial charge is 0.326 e. The van der Waals surface area contributed by atoms with Gasteiger partial charge >= 0.3 is 6.18 Å². The highest BCUT2D eigenvalue weighted by Gasteiger charge is 2.37. The fourth-order valence-corrected chi connectivity index (χ4v) is 3.64. The van der Waals surface area contributed by atoms with Gasteiger partial charge in [0.15, 0.2) is 5.69 Å². The van der Waals surface area contributed by atoms with Crippen LogP contribution >= 0.6 is 0 Å². The Labute approximate surface area is 178 Å². The topological polar surface area (TPSA) is 64.7 Å². The summed E-state index contributed by atoms with van der Waals surface area (Å²) in [7, 11) is 0. The Hall–Kier alpha value is -3.10. The molecule has 1 amide bonds. The molecule has 1 fully saturated rings. The van der Waals surface area contributed by atoms with Gasteiger partial charge < -0.3 is 5.32 Å².